The van der Waals surface area contributed by atoms with Crippen LogP contribution in [0.4, 0.5) is 17.2 Å². The van der Waals surface area contributed by atoms with Gasteiger partial charge in [0.2, 0.25) is 0 Å². The molecule has 0 fully saturated rings. The molecule has 0 spiro atoms. The molecule has 2 aromatic rings. The lowest BCUT2D eigenvalue weighted by atomic mass is 10.2. The van der Waals surface area contributed by atoms with E-state index in [1.807, 2.05) is 36.2 Å². The van der Waals surface area contributed by atoms with Gasteiger partial charge in [0.1, 0.15) is 5.82 Å². The second-order valence-electron chi connectivity index (χ2n) is 6.70. The Labute approximate surface area is 173 Å². The van der Waals surface area contributed by atoms with Crippen molar-refractivity contribution < 1.29 is 0 Å². The number of aromatic nitrogens is 2. The molecule has 0 aliphatic rings. The first kappa shape index (κ1) is 21.9. The average Bonchev–Trinajstić information content (AvgIpc) is 2.72. The Kier molecular flexibility index (Phi) is 8.69. The quantitative estimate of drug-likeness (QED) is 0.319. The summed E-state index contributed by atoms with van der Waals surface area (Å²) in [7, 11) is 1.89. The van der Waals surface area contributed by atoms with E-state index in [0.29, 0.717) is 23.9 Å². The van der Waals surface area contributed by atoms with Crippen LogP contribution in [-0.4, -0.2) is 34.8 Å². The first-order valence-corrected chi connectivity index (χ1v) is 9.80. The molecule has 7 nitrogen and oxygen atoms in total. The zero-order valence-electron chi connectivity index (χ0n) is 17.4. The number of rotatable bonds is 12. The SMILES string of the molecule is C=C/C=N\N(C)Cc1ccc(N)c(N(CCCCC)C(=C)Nc2cccnc2)n1. The van der Waals surface area contributed by atoms with E-state index in [-0.39, 0.29) is 0 Å². The van der Waals surface area contributed by atoms with Crippen LogP contribution in [0.15, 0.2) is 66.8 Å². The van der Waals surface area contributed by atoms with Crippen LogP contribution in [0.1, 0.15) is 31.9 Å². The molecule has 154 valence electrons. The maximum atomic E-state index is 6.29. The molecule has 7 heteroatoms. The average molecular weight is 394 g/mol. The number of allylic oxidation sites excluding steroid dienone is 1. The highest BCUT2D eigenvalue weighted by Gasteiger charge is 2.16. The van der Waals surface area contributed by atoms with Gasteiger partial charge in [-0.2, -0.15) is 5.10 Å². The highest BCUT2D eigenvalue weighted by atomic mass is 15.4. The number of nitrogens with one attached hydrogen (secondary N) is 1. The predicted octanol–water partition coefficient (Wildman–Crippen LogP) is 4.24. The lowest BCUT2D eigenvalue weighted by Crippen LogP contribution is -2.29. The van der Waals surface area contributed by atoms with E-state index in [4.69, 9.17) is 10.7 Å². The molecule has 0 saturated heterocycles. The largest absolute Gasteiger partial charge is 0.396 e. The molecule has 0 radical (unpaired) electrons. The van der Waals surface area contributed by atoms with E-state index in [1.54, 1.807) is 29.7 Å². The summed E-state index contributed by atoms with van der Waals surface area (Å²) in [6.45, 7) is 11.4. The number of pyridine rings is 2. The van der Waals surface area contributed by atoms with Gasteiger partial charge in [-0.25, -0.2) is 4.98 Å². The standard InChI is InChI=1S/C22H31N7/c1-5-7-8-15-29(18(3)26-19-10-9-14-24-16-19)22-21(23)12-11-20(27-22)17-28(4)25-13-6-2/h6,9-14,16,26H,2-3,5,7-8,15,17,23H2,1,4H3/b25-13-. The van der Waals surface area contributed by atoms with E-state index >= 15 is 0 Å². The van der Waals surface area contributed by atoms with Crippen molar-refractivity contribution in [3.63, 3.8) is 0 Å². The van der Waals surface area contributed by atoms with Crippen LogP contribution in [0.5, 0.6) is 0 Å². The number of hydrogen-bond donors (Lipinski definition) is 2. The fourth-order valence-corrected chi connectivity index (χ4v) is 2.80. The zero-order valence-corrected chi connectivity index (χ0v) is 17.4. The van der Waals surface area contributed by atoms with Gasteiger partial charge in [0.05, 0.1) is 29.8 Å². The minimum Gasteiger partial charge on any atom is -0.396 e. The van der Waals surface area contributed by atoms with Crippen LogP contribution in [0.25, 0.3) is 0 Å². The predicted molar refractivity (Wildman–Crippen MR) is 123 cm³/mol. The molecule has 0 atom stereocenters. The summed E-state index contributed by atoms with van der Waals surface area (Å²) in [5.74, 6) is 1.41. The summed E-state index contributed by atoms with van der Waals surface area (Å²) in [6, 6.07) is 7.62. The van der Waals surface area contributed by atoms with Gasteiger partial charge in [0.15, 0.2) is 5.82 Å². The van der Waals surface area contributed by atoms with Gasteiger partial charge in [-0.3, -0.25) is 9.99 Å². The Morgan fingerprint density at radius 1 is 1.31 bits per heavy atom. The first-order valence-electron chi connectivity index (χ1n) is 9.80. The van der Waals surface area contributed by atoms with Gasteiger partial charge in [0.25, 0.3) is 0 Å². The molecule has 2 heterocycles. The molecule has 2 rings (SSSR count). The van der Waals surface area contributed by atoms with Crippen molar-refractivity contribution >= 4 is 23.4 Å². The first-order chi connectivity index (χ1) is 14.0. The van der Waals surface area contributed by atoms with Gasteiger partial charge in [0, 0.05) is 26.0 Å². The topological polar surface area (TPSA) is 82.7 Å². The van der Waals surface area contributed by atoms with Crippen LogP contribution in [0, 0.1) is 0 Å². The lowest BCUT2D eigenvalue weighted by molar-refractivity contribution is 0.344. The smallest absolute Gasteiger partial charge is 0.157 e. The Hall–Kier alpha value is -3.35. The molecular weight excluding hydrogens is 362 g/mol. The fourth-order valence-electron chi connectivity index (χ4n) is 2.80. The summed E-state index contributed by atoms with van der Waals surface area (Å²) in [4.78, 5) is 11.0. The van der Waals surface area contributed by atoms with Crippen molar-refractivity contribution in [3.05, 3.63) is 67.4 Å². The van der Waals surface area contributed by atoms with Crippen molar-refractivity contribution in [3.8, 4) is 0 Å². The Morgan fingerprint density at radius 2 is 2.14 bits per heavy atom. The molecule has 0 saturated carbocycles. The molecule has 29 heavy (non-hydrogen) atoms. The summed E-state index contributed by atoms with van der Waals surface area (Å²) in [6.07, 6.45) is 10.0. The summed E-state index contributed by atoms with van der Waals surface area (Å²) in [5, 5.41) is 9.37. The Balaban J connectivity index is 2.26. The maximum Gasteiger partial charge on any atom is 0.157 e. The van der Waals surface area contributed by atoms with E-state index in [9.17, 15) is 0 Å². The minimum atomic E-state index is 0.558. The van der Waals surface area contributed by atoms with Crippen molar-refractivity contribution in [2.24, 2.45) is 5.10 Å². The molecule has 0 aliphatic heterocycles. The van der Waals surface area contributed by atoms with Crippen molar-refractivity contribution in [1.29, 1.82) is 0 Å². The van der Waals surface area contributed by atoms with E-state index in [2.05, 4.69) is 35.5 Å². The molecule has 2 aromatic heterocycles. The number of nitrogen functional groups attached to an aromatic ring is 1. The van der Waals surface area contributed by atoms with Gasteiger partial charge >= 0.3 is 0 Å². The van der Waals surface area contributed by atoms with Gasteiger partial charge in [-0.15, -0.1) is 0 Å². The Bertz CT molecular complexity index is 817. The normalized spacial score (nSPS) is 10.7. The van der Waals surface area contributed by atoms with Gasteiger partial charge in [-0.1, -0.05) is 32.9 Å². The maximum absolute atomic E-state index is 6.29. The monoisotopic (exact) mass is 393 g/mol. The fraction of sp³-hybridized carbons (Fsp3) is 0.318. The van der Waals surface area contributed by atoms with E-state index in [1.165, 1.54) is 0 Å². The lowest BCUT2D eigenvalue weighted by Gasteiger charge is -2.28. The van der Waals surface area contributed by atoms with E-state index in [0.717, 1.165) is 37.2 Å². The van der Waals surface area contributed by atoms with Gasteiger partial charge in [-0.05, 0) is 36.8 Å². The molecule has 0 unspecified atom stereocenters. The summed E-state index contributed by atoms with van der Waals surface area (Å²) in [5.41, 5.74) is 8.64. The van der Waals surface area contributed by atoms with E-state index < -0.39 is 0 Å². The highest BCUT2D eigenvalue weighted by molar-refractivity contribution is 5.69. The van der Waals surface area contributed by atoms with Crippen LogP contribution in [-0.2, 0) is 6.54 Å². The minimum absolute atomic E-state index is 0.558. The third-order valence-corrected chi connectivity index (χ3v) is 4.24. The third kappa shape index (κ3) is 6.95. The molecule has 0 amide bonds. The van der Waals surface area contributed by atoms with Crippen LogP contribution in [0.2, 0.25) is 0 Å². The number of anilines is 3. The number of unbranched alkanes of at least 4 members (excludes halogenated alkanes) is 2. The van der Waals surface area contributed by atoms with Crippen LogP contribution >= 0.6 is 0 Å². The molecular formula is C22H31N7. The molecule has 3 N–H and O–H groups in total. The summed E-state index contributed by atoms with van der Waals surface area (Å²) < 4.78 is 0. The van der Waals surface area contributed by atoms with Crippen LogP contribution in [0.3, 0.4) is 0 Å². The number of hydrogen-bond acceptors (Lipinski definition) is 7. The highest BCUT2D eigenvalue weighted by Crippen LogP contribution is 2.26. The van der Waals surface area contributed by atoms with Gasteiger partial charge < -0.3 is 16.0 Å². The molecule has 0 aliphatic carbocycles. The van der Waals surface area contributed by atoms with Crippen molar-refractivity contribution in [2.45, 2.75) is 32.7 Å². The number of hydrazone groups is 1. The number of nitrogens with two attached hydrogens (primary N) is 1. The molecule has 0 aromatic carbocycles. The Morgan fingerprint density at radius 3 is 2.83 bits per heavy atom. The van der Waals surface area contributed by atoms with Crippen molar-refractivity contribution in [1.82, 2.24) is 15.0 Å². The third-order valence-electron chi connectivity index (χ3n) is 4.24. The number of nitrogens with zero attached hydrogens (tertiary/aromatic N) is 5. The molecule has 0 bridgehead atoms. The summed E-state index contributed by atoms with van der Waals surface area (Å²) >= 11 is 0. The zero-order chi connectivity index (χ0) is 21.1. The second-order valence-corrected chi connectivity index (χ2v) is 6.70. The van der Waals surface area contributed by atoms with Crippen LogP contribution < -0.4 is 16.0 Å². The van der Waals surface area contributed by atoms with Crippen molar-refractivity contribution in [2.75, 3.05) is 29.5 Å². The second kappa shape index (κ2) is 11.5.